The van der Waals surface area contributed by atoms with Crippen LogP contribution in [0.2, 0.25) is 0 Å². The largest absolute Gasteiger partial charge is 0.573 e. The molecule has 0 amide bonds. The third kappa shape index (κ3) is 36.1. The van der Waals surface area contributed by atoms with E-state index in [1.54, 1.807) is 49.4 Å². The number of carboxylic acids is 3. The van der Waals surface area contributed by atoms with E-state index >= 15 is 0 Å². The van der Waals surface area contributed by atoms with E-state index in [9.17, 15) is 156 Å². The summed E-state index contributed by atoms with van der Waals surface area (Å²) >= 11 is 0. The maximum absolute atomic E-state index is 14.2. The molecule has 0 heterocycles. The van der Waals surface area contributed by atoms with Gasteiger partial charge in [-0.2, -0.15) is 8.42 Å². The SMILES string of the molecule is Cc1ccc(C2(N)CCCC(O)C2=O)cc1F.Cl.Cl.Cl.NC1(c2cccc(OC(F)(F)F)c2F)CCCC(O)C1=O.NC1(c2cccc(OC(F)(F)F)c2F)CCCC(O)C1=O.NC1(c2cccc(OC(F)(F)F)c2F)CCCC(O)C1=O.N[C@@]1(c2cccc(OC(F)(F)F)c2F)CCC[C@@H](O)C1=O.N[C@]1(c2cccc(OC(F)(F)F)c2F)CCC[C@H](O)C1=O.O=C(O)C(=O)O.O=C(O)c1ccccc1.O=S(=O)(O)O. The molecule has 0 spiro atoms. The van der Waals surface area contributed by atoms with Crippen LogP contribution in [0.3, 0.4) is 0 Å². The normalized spacial score (nSPS) is 24.1. The molecule has 12 atom stereocenters. The van der Waals surface area contributed by atoms with Gasteiger partial charge in [-0.05, 0) is 182 Å². The van der Waals surface area contributed by atoms with E-state index in [4.69, 9.17) is 76.8 Å². The summed E-state index contributed by atoms with van der Waals surface area (Å²) in [5, 5.41) is 80.5. The summed E-state index contributed by atoms with van der Waals surface area (Å²) in [6.45, 7) is 1.65. The monoisotopic (exact) mass is 2190 g/mol. The number of alkyl halides is 15. The summed E-state index contributed by atoms with van der Waals surface area (Å²) in [5.74, 6) is -21.4. The molecule has 7 aromatic rings. The predicted molar refractivity (Wildman–Crippen MR) is 466 cm³/mol. The minimum Gasteiger partial charge on any atom is -0.478 e. The van der Waals surface area contributed by atoms with Crippen molar-refractivity contribution in [2.75, 3.05) is 0 Å². The number of hydrogen-bond donors (Lipinski definition) is 17. The zero-order chi connectivity index (χ0) is 108. The van der Waals surface area contributed by atoms with Crippen molar-refractivity contribution in [2.45, 2.75) is 224 Å². The van der Waals surface area contributed by atoms with Crippen molar-refractivity contribution in [3.8, 4) is 28.7 Å². The smallest absolute Gasteiger partial charge is 0.478 e. The molecule has 33 nitrogen and oxygen atoms in total. The van der Waals surface area contributed by atoms with E-state index in [0.29, 0.717) is 68.1 Å². The molecular weight excluding hydrogens is 2100 g/mol. The van der Waals surface area contributed by atoms with Gasteiger partial charge in [-0.3, -0.25) is 37.9 Å². The van der Waals surface area contributed by atoms with Gasteiger partial charge >= 0.3 is 60.1 Å². The first-order valence-corrected chi connectivity index (χ1v) is 42.6. The van der Waals surface area contributed by atoms with Gasteiger partial charge in [0.05, 0.1) is 5.56 Å². The van der Waals surface area contributed by atoms with Crippen LogP contribution in [0, 0.1) is 41.8 Å². The van der Waals surface area contributed by atoms with Gasteiger partial charge < -0.3 is 104 Å². The van der Waals surface area contributed by atoms with Crippen molar-refractivity contribution in [3.63, 3.8) is 0 Å². The number of aliphatic hydroxyl groups excluding tert-OH is 6. The molecule has 58 heteroatoms. The standard InChI is InChI=1S/5C13H13F4NO3.C13H16FNO2.C7H6O2.C2H2O4.3ClH.H2O4S/c5*14-10-7(3-1-5-9(10)21-13(15,16)17)12(18)6-2-4-8(19)11(12)20;1-8-4-5-9(7-10(8)14)13(15)6-2-3-11(16)12(13)17;8-7(9)6-4-2-1-3-5-6;3-1(4)2(5)6;;;;1-5(2,3)4/h5*1,3,5,8,19H,2,4,6,18H2;4-5,7,11,16H,2-3,6,15H2,1H3;1-5H,(H,8,9);(H,3,4)(H,5,6);3*1H;(H2,1,2,3,4)/t2*8-,12-;;;;;;;;;;/m10........../s1. The Hall–Kier alpha value is -11.2. The van der Waals surface area contributed by atoms with Gasteiger partial charge in [-0.25, -0.2) is 40.7 Å². The lowest BCUT2D eigenvalue weighted by Crippen LogP contribution is -2.53. The number of halogens is 24. The Labute approximate surface area is 825 Å². The summed E-state index contributed by atoms with van der Waals surface area (Å²) in [4.78, 5) is 100. The lowest BCUT2D eigenvalue weighted by Gasteiger charge is -2.35. The fraction of sp³-hybridized carbons (Fsp3) is 0.414. The highest BCUT2D eigenvalue weighted by molar-refractivity contribution is 7.79. The van der Waals surface area contributed by atoms with Crippen LogP contribution in [0.1, 0.15) is 165 Å². The molecule has 0 bridgehead atoms. The third-order valence-electron chi connectivity index (χ3n) is 22.0. The maximum Gasteiger partial charge on any atom is 0.573 e. The topological polar surface area (TPSA) is 613 Å². The summed E-state index contributed by atoms with van der Waals surface area (Å²) in [6.07, 6.45) is -28.6. The zero-order valence-corrected chi connectivity index (χ0v) is 77.7. The zero-order valence-electron chi connectivity index (χ0n) is 74.5. The second-order valence-electron chi connectivity index (χ2n) is 32.0. The fourth-order valence-electron chi connectivity index (χ4n) is 15.1. The molecule has 145 heavy (non-hydrogen) atoms. The van der Waals surface area contributed by atoms with Crippen LogP contribution >= 0.6 is 37.2 Å². The lowest BCUT2D eigenvalue weighted by molar-refractivity contribution is -0.276. The number of aliphatic hydroxyl groups is 6. The number of carboxylic acid groups (broad SMARTS) is 3. The molecule has 808 valence electrons. The van der Waals surface area contributed by atoms with Crippen molar-refractivity contribution in [1.82, 2.24) is 0 Å². The minimum absolute atomic E-state index is 0. The average Bonchev–Trinajstić information content (AvgIpc) is 0.752. The molecule has 0 aliphatic heterocycles. The van der Waals surface area contributed by atoms with E-state index in [1.165, 1.54) is 6.07 Å². The number of aryl methyl sites for hydroxylation is 1. The van der Waals surface area contributed by atoms with Crippen LogP contribution < -0.4 is 58.1 Å². The number of ether oxygens (including phenoxy) is 5. The van der Waals surface area contributed by atoms with Crippen LogP contribution in [0.4, 0.5) is 92.2 Å². The van der Waals surface area contributed by atoms with E-state index in [0.717, 1.165) is 91.0 Å². The minimum atomic E-state index is -5.06. The molecule has 0 saturated heterocycles. The molecule has 6 aliphatic rings. The molecule has 23 N–H and O–H groups in total. The number of hydrogen-bond acceptors (Lipinski definition) is 28. The highest BCUT2D eigenvalue weighted by Crippen LogP contribution is 2.45. The van der Waals surface area contributed by atoms with Gasteiger partial charge in [-0.1, -0.05) is 91.0 Å². The first kappa shape index (κ1) is 130. The van der Waals surface area contributed by atoms with Gasteiger partial charge in [0.25, 0.3) is 0 Å². The van der Waals surface area contributed by atoms with E-state index < -0.39 is 250 Å². The fourth-order valence-corrected chi connectivity index (χ4v) is 15.1. The molecule has 6 fully saturated rings. The number of nitrogens with two attached hydrogens (primary N) is 6. The van der Waals surface area contributed by atoms with E-state index in [1.807, 2.05) is 0 Å². The van der Waals surface area contributed by atoms with Gasteiger partial charge in [0, 0.05) is 27.8 Å². The predicted octanol–water partition coefficient (Wildman–Crippen LogP) is 12.5. The van der Waals surface area contributed by atoms with Gasteiger partial charge in [0.15, 0.2) is 92.5 Å². The number of ketones is 6. The highest BCUT2D eigenvalue weighted by atomic mass is 35.5. The third-order valence-corrected chi connectivity index (χ3v) is 22.0. The van der Waals surface area contributed by atoms with Crippen LogP contribution in [-0.4, -0.2) is 185 Å². The van der Waals surface area contributed by atoms with Crippen molar-refractivity contribution in [1.29, 1.82) is 0 Å². The van der Waals surface area contributed by atoms with Crippen LogP contribution in [0.25, 0.3) is 0 Å². The molecule has 6 saturated carbocycles. The Bertz CT molecular complexity index is 5180. The second-order valence-corrected chi connectivity index (χ2v) is 32.9. The van der Waals surface area contributed by atoms with E-state index in [-0.39, 0.29) is 107 Å². The molecular formula is C87H94Cl3F21N6O27S. The van der Waals surface area contributed by atoms with Gasteiger partial charge in [0.2, 0.25) is 0 Å². The quantitative estimate of drug-likeness (QED) is 0.0307. The number of rotatable bonds is 12. The van der Waals surface area contributed by atoms with Crippen molar-refractivity contribution in [3.05, 3.63) is 219 Å². The van der Waals surface area contributed by atoms with Crippen LogP contribution in [-0.2, 0) is 82.0 Å². The summed E-state index contributed by atoms with van der Waals surface area (Å²) in [6, 6.07) is 28.0. The Morgan fingerprint density at radius 2 is 0.503 bits per heavy atom. The maximum atomic E-state index is 14.2. The number of carbonyl (C=O) groups excluding carboxylic acids is 6. The molecule has 8 unspecified atom stereocenters. The Balaban J connectivity index is 0.000000564. The molecule has 0 radical (unpaired) electrons. The first-order valence-electron chi connectivity index (χ1n) is 41.2. The summed E-state index contributed by atoms with van der Waals surface area (Å²) in [5.41, 5.74) is 24.1. The number of aliphatic carboxylic acids is 2. The summed E-state index contributed by atoms with van der Waals surface area (Å²) in [7, 11) is -4.67. The number of benzene rings is 7. The van der Waals surface area contributed by atoms with Gasteiger partial charge in [-0.15, -0.1) is 103 Å². The number of aromatic carboxylic acids is 1. The average molecular weight is 2190 g/mol. The number of Topliss-reactive ketones (excluding diaryl/α,β-unsaturated/α-hetero) is 6. The second kappa shape index (κ2) is 52.9. The molecule has 6 aliphatic carbocycles. The van der Waals surface area contributed by atoms with E-state index in [2.05, 4.69) is 23.7 Å². The van der Waals surface area contributed by atoms with Crippen molar-refractivity contribution < 1.29 is 223 Å². The lowest BCUT2D eigenvalue weighted by atomic mass is 9.75. The Kier molecular flexibility index (Phi) is 47.3. The van der Waals surface area contributed by atoms with Crippen molar-refractivity contribution in [2.24, 2.45) is 34.4 Å². The summed E-state index contributed by atoms with van der Waals surface area (Å²) < 4.78 is 317. The van der Waals surface area contributed by atoms with Crippen LogP contribution in [0.5, 0.6) is 28.7 Å². The first-order chi connectivity index (χ1) is 65.1. The van der Waals surface area contributed by atoms with Crippen molar-refractivity contribution >= 4 is 100 Å². The Morgan fingerprint density at radius 1 is 0.317 bits per heavy atom. The van der Waals surface area contributed by atoms with Gasteiger partial charge in [0.1, 0.15) is 75.7 Å². The number of carbonyl (C=O) groups is 9. The molecule has 7 aromatic carbocycles. The molecule has 0 aromatic heterocycles. The Morgan fingerprint density at radius 3 is 0.669 bits per heavy atom. The van der Waals surface area contributed by atoms with Crippen LogP contribution in [0.15, 0.2) is 140 Å². The highest BCUT2D eigenvalue weighted by Gasteiger charge is 2.52. The molecule has 13 rings (SSSR count).